The molecule has 0 bridgehead atoms. The molecular weight excluding hydrogens is 184 g/mol. The third kappa shape index (κ3) is 2.19. The van der Waals surface area contributed by atoms with E-state index in [9.17, 15) is 0 Å². The van der Waals surface area contributed by atoms with Crippen LogP contribution in [0.4, 0.5) is 0 Å². The van der Waals surface area contributed by atoms with E-state index in [0.29, 0.717) is 0 Å². The fraction of sp³-hybridized carbons (Fsp3) is 0.462. The highest BCUT2D eigenvalue weighted by Crippen LogP contribution is 2.29. The van der Waals surface area contributed by atoms with Crippen LogP contribution < -0.4 is 5.32 Å². The summed E-state index contributed by atoms with van der Waals surface area (Å²) in [4.78, 5) is 0. The van der Waals surface area contributed by atoms with Crippen LogP contribution in [0, 0.1) is 18.3 Å². The highest BCUT2D eigenvalue weighted by Gasteiger charge is 2.31. The number of rotatable bonds is 3. The fourth-order valence-corrected chi connectivity index (χ4v) is 2.04. The van der Waals surface area contributed by atoms with Gasteiger partial charge in [0, 0.05) is 5.41 Å². The molecule has 0 aliphatic rings. The standard InChI is InChI=1S/C13H18N2/c1-10-7-5-6-8-11(10)13(2,3)12(9-14)15-4/h5-8,12,15H,1-4H3. The summed E-state index contributed by atoms with van der Waals surface area (Å²) in [5.41, 5.74) is 2.29. The zero-order valence-corrected chi connectivity index (χ0v) is 9.83. The summed E-state index contributed by atoms with van der Waals surface area (Å²) in [6.07, 6.45) is 0. The Labute approximate surface area is 91.9 Å². The Morgan fingerprint density at radius 2 is 1.93 bits per heavy atom. The van der Waals surface area contributed by atoms with Crippen molar-refractivity contribution in [3.05, 3.63) is 35.4 Å². The Balaban J connectivity index is 3.17. The van der Waals surface area contributed by atoms with E-state index in [1.807, 2.05) is 19.2 Å². The number of aryl methyl sites for hydroxylation is 1. The molecule has 1 unspecified atom stereocenters. The first-order chi connectivity index (χ1) is 7.04. The lowest BCUT2D eigenvalue weighted by atomic mass is 9.76. The van der Waals surface area contributed by atoms with Gasteiger partial charge >= 0.3 is 0 Å². The second kappa shape index (κ2) is 4.46. The van der Waals surface area contributed by atoms with E-state index in [1.54, 1.807) is 0 Å². The van der Waals surface area contributed by atoms with E-state index < -0.39 is 0 Å². The van der Waals surface area contributed by atoms with E-state index in [0.717, 1.165) is 0 Å². The Kier molecular flexibility index (Phi) is 3.49. The summed E-state index contributed by atoms with van der Waals surface area (Å²) < 4.78 is 0. The van der Waals surface area contributed by atoms with E-state index in [2.05, 4.69) is 44.3 Å². The molecule has 1 N–H and O–H groups in total. The molecule has 0 aliphatic heterocycles. The molecule has 0 saturated heterocycles. The van der Waals surface area contributed by atoms with Crippen molar-refractivity contribution < 1.29 is 0 Å². The largest absolute Gasteiger partial charge is 0.304 e. The monoisotopic (exact) mass is 202 g/mol. The first kappa shape index (κ1) is 11.7. The van der Waals surface area contributed by atoms with Crippen molar-refractivity contribution in [2.75, 3.05) is 7.05 Å². The number of nitrogens with zero attached hydrogens (tertiary/aromatic N) is 1. The molecule has 1 aromatic carbocycles. The number of nitrogens with one attached hydrogen (secondary N) is 1. The van der Waals surface area contributed by atoms with E-state index in [1.165, 1.54) is 11.1 Å². The molecule has 2 nitrogen and oxygen atoms in total. The van der Waals surface area contributed by atoms with Gasteiger partial charge in [0.2, 0.25) is 0 Å². The molecule has 1 aromatic rings. The average molecular weight is 202 g/mol. The van der Waals surface area contributed by atoms with Gasteiger partial charge in [-0.15, -0.1) is 0 Å². The number of hydrogen-bond acceptors (Lipinski definition) is 2. The quantitative estimate of drug-likeness (QED) is 0.817. The first-order valence-electron chi connectivity index (χ1n) is 5.17. The summed E-state index contributed by atoms with van der Waals surface area (Å²) in [6.45, 7) is 6.28. The van der Waals surface area contributed by atoms with Gasteiger partial charge in [-0.3, -0.25) is 0 Å². The molecule has 0 heterocycles. The zero-order valence-electron chi connectivity index (χ0n) is 9.83. The summed E-state index contributed by atoms with van der Waals surface area (Å²) >= 11 is 0. The van der Waals surface area contributed by atoms with E-state index in [-0.39, 0.29) is 11.5 Å². The summed E-state index contributed by atoms with van der Waals surface area (Å²) in [6, 6.07) is 10.4. The Morgan fingerprint density at radius 3 is 2.40 bits per heavy atom. The summed E-state index contributed by atoms with van der Waals surface area (Å²) in [5, 5.41) is 12.2. The van der Waals surface area contributed by atoms with Crippen LogP contribution in [0.25, 0.3) is 0 Å². The number of hydrogen-bond donors (Lipinski definition) is 1. The van der Waals surface area contributed by atoms with E-state index >= 15 is 0 Å². The molecule has 0 spiro atoms. The molecule has 0 radical (unpaired) electrons. The molecule has 0 aliphatic carbocycles. The number of nitriles is 1. The van der Waals surface area contributed by atoms with Gasteiger partial charge in [0.25, 0.3) is 0 Å². The Bertz CT molecular complexity index is 374. The topological polar surface area (TPSA) is 35.8 Å². The lowest BCUT2D eigenvalue weighted by molar-refractivity contribution is 0.422. The van der Waals surface area contributed by atoms with Crippen LogP contribution in [-0.4, -0.2) is 13.1 Å². The third-order valence-electron chi connectivity index (χ3n) is 2.98. The smallest absolute Gasteiger partial charge is 0.104 e. The average Bonchev–Trinajstić information content (AvgIpc) is 2.19. The minimum Gasteiger partial charge on any atom is -0.304 e. The van der Waals surface area contributed by atoms with Gasteiger partial charge < -0.3 is 5.32 Å². The molecule has 0 aromatic heterocycles. The second-order valence-corrected chi connectivity index (χ2v) is 4.39. The maximum Gasteiger partial charge on any atom is 0.104 e. The second-order valence-electron chi connectivity index (χ2n) is 4.39. The third-order valence-corrected chi connectivity index (χ3v) is 2.98. The van der Waals surface area contributed by atoms with Crippen LogP contribution in [0.15, 0.2) is 24.3 Å². The number of likely N-dealkylation sites (N-methyl/N-ethyl adjacent to an activating group) is 1. The van der Waals surface area contributed by atoms with Crippen LogP contribution in [0.5, 0.6) is 0 Å². The van der Waals surface area contributed by atoms with Gasteiger partial charge in [0.15, 0.2) is 0 Å². The van der Waals surface area contributed by atoms with Crippen molar-refractivity contribution in [3.63, 3.8) is 0 Å². The minimum atomic E-state index is -0.172. The van der Waals surface area contributed by atoms with Gasteiger partial charge in [0.05, 0.1) is 6.07 Å². The molecule has 0 fully saturated rings. The van der Waals surface area contributed by atoms with Crippen LogP contribution in [0.2, 0.25) is 0 Å². The molecule has 1 rings (SSSR count). The van der Waals surface area contributed by atoms with Crippen molar-refractivity contribution >= 4 is 0 Å². The molecule has 15 heavy (non-hydrogen) atoms. The molecule has 1 atom stereocenters. The highest BCUT2D eigenvalue weighted by atomic mass is 14.9. The lowest BCUT2D eigenvalue weighted by Crippen LogP contribution is -2.42. The maximum absolute atomic E-state index is 9.10. The zero-order chi connectivity index (χ0) is 11.5. The van der Waals surface area contributed by atoms with Crippen molar-refractivity contribution in [2.45, 2.75) is 32.2 Å². The summed E-state index contributed by atoms with van der Waals surface area (Å²) in [5.74, 6) is 0. The van der Waals surface area contributed by atoms with Crippen molar-refractivity contribution in [2.24, 2.45) is 0 Å². The molecular formula is C13H18N2. The molecule has 0 amide bonds. The first-order valence-corrected chi connectivity index (χ1v) is 5.17. The van der Waals surface area contributed by atoms with Crippen LogP contribution >= 0.6 is 0 Å². The van der Waals surface area contributed by atoms with Crippen molar-refractivity contribution in [1.29, 1.82) is 5.26 Å². The predicted molar refractivity (Wildman–Crippen MR) is 62.7 cm³/mol. The Morgan fingerprint density at radius 1 is 1.33 bits per heavy atom. The van der Waals surface area contributed by atoms with Crippen LogP contribution in [0.3, 0.4) is 0 Å². The highest BCUT2D eigenvalue weighted by molar-refractivity contribution is 5.35. The van der Waals surface area contributed by atoms with Gasteiger partial charge in [-0.25, -0.2) is 0 Å². The van der Waals surface area contributed by atoms with Crippen molar-refractivity contribution in [1.82, 2.24) is 5.32 Å². The minimum absolute atomic E-state index is 0.168. The molecule has 80 valence electrons. The van der Waals surface area contributed by atoms with Gasteiger partial charge in [-0.2, -0.15) is 5.26 Å². The van der Waals surface area contributed by atoms with Gasteiger partial charge in [0.1, 0.15) is 6.04 Å². The predicted octanol–water partition coefficient (Wildman–Crippen LogP) is 2.38. The maximum atomic E-state index is 9.10. The van der Waals surface area contributed by atoms with Gasteiger partial charge in [-0.05, 0) is 25.1 Å². The van der Waals surface area contributed by atoms with Crippen LogP contribution in [0.1, 0.15) is 25.0 Å². The Hall–Kier alpha value is -1.33. The SMILES string of the molecule is CNC(C#N)C(C)(C)c1ccccc1C. The van der Waals surface area contributed by atoms with Gasteiger partial charge in [-0.1, -0.05) is 38.1 Å². The normalized spacial score (nSPS) is 13.3. The lowest BCUT2D eigenvalue weighted by Gasteiger charge is -2.31. The fourth-order valence-electron chi connectivity index (χ4n) is 2.04. The van der Waals surface area contributed by atoms with Crippen molar-refractivity contribution in [3.8, 4) is 6.07 Å². The summed E-state index contributed by atoms with van der Waals surface area (Å²) in [7, 11) is 1.83. The number of benzene rings is 1. The molecule has 2 heteroatoms. The van der Waals surface area contributed by atoms with E-state index in [4.69, 9.17) is 5.26 Å². The van der Waals surface area contributed by atoms with Crippen LogP contribution in [-0.2, 0) is 5.41 Å². The molecule has 0 saturated carbocycles.